The van der Waals surface area contributed by atoms with Gasteiger partial charge in [0.2, 0.25) is 0 Å². The fourth-order valence-corrected chi connectivity index (χ4v) is 5.05. The molecule has 3 rings (SSSR count). The lowest BCUT2D eigenvalue weighted by Gasteiger charge is -2.37. The van der Waals surface area contributed by atoms with Gasteiger partial charge in [0.15, 0.2) is 0 Å². The van der Waals surface area contributed by atoms with Crippen molar-refractivity contribution >= 4 is 0 Å². The van der Waals surface area contributed by atoms with E-state index >= 15 is 0 Å². The van der Waals surface area contributed by atoms with Crippen molar-refractivity contribution in [2.24, 2.45) is 35.5 Å². The van der Waals surface area contributed by atoms with Crippen LogP contribution in [-0.2, 0) is 0 Å². The molecular formula is C20H34. The molecule has 114 valence electrons. The number of hydrogen-bond donors (Lipinski definition) is 0. The van der Waals surface area contributed by atoms with Crippen molar-refractivity contribution in [1.82, 2.24) is 0 Å². The van der Waals surface area contributed by atoms with Gasteiger partial charge in [0.1, 0.15) is 0 Å². The van der Waals surface area contributed by atoms with Crippen molar-refractivity contribution in [3.63, 3.8) is 0 Å². The number of rotatable bonds is 5. The molecular weight excluding hydrogens is 240 g/mol. The molecule has 20 heavy (non-hydrogen) atoms. The van der Waals surface area contributed by atoms with Gasteiger partial charge < -0.3 is 0 Å². The third kappa shape index (κ3) is 3.68. The summed E-state index contributed by atoms with van der Waals surface area (Å²) in [5, 5.41) is 0. The van der Waals surface area contributed by atoms with E-state index in [2.05, 4.69) is 19.6 Å². The van der Waals surface area contributed by atoms with Crippen LogP contribution >= 0.6 is 0 Å². The van der Waals surface area contributed by atoms with Crippen molar-refractivity contribution < 1.29 is 0 Å². The van der Waals surface area contributed by atoms with Crippen LogP contribution in [0.5, 0.6) is 0 Å². The second kappa shape index (κ2) is 6.67. The lowest BCUT2D eigenvalue weighted by atomic mass is 9.68. The topological polar surface area (TPSA) is 0 Å². The molecule has 0 aromatic carbocycles. The van der Waals surface area contributed by atoms with Crippen LogP contribution in [0, 0.1) is 35.5 Å². The largest absolute Gasteiger partial charge is 0.103 e. The zero-order valence-electron chi connectivity index (χ0n) is 13.5. The van der Waals surface area contributed by atoms with Crippen molar-refractivity contribution in [1.29, 1.82) is 0 Å². The fraction of sp³-hybridized carbons (Fsp3) is 0.900. The first-order valence-electron chi connectivity index (χ1n) is 9.38. The first-order valence-corrected chi connectivity index (χ1v) is 9.38. The normalized spacial score (nSPS) is 45.0. The molecule has 0 bridgehead atoms. The highest BCUT2D eigenvalue weighted by Crippen LogP contribution is 2.45. The van der Waals surface area contributed by atoms with Crippen LogP contribution in [0.3, 0.4) is 0 Å². The highest BCUT2D eigenvalue weighted by Gasteiger charge is 2.34. The van der Waals surface area contributed by atoms with Crippen LogP contribution in [0.2, 0.25) is 0 Å². The Labute approximate surface area is 126 Å². The van der Waals surface area contributed by atoms with Crippen molar-refractivity contribution in [3.05, 3.63) is 12.7 Å². The number of hydrogen-bond acceptors (Lipinski definition) is 0. The van der Waals surface area contributed by atoms with Gasteiger partial charge in [-0.2, -0.15) is 0 Å². The molecule has 3 aliphatic rings. The minimum Gasteiger partial charge on any atom is -0.103 e. The maximum Gasteiger partial charge on any atom is -0.0236 e. The SMILES string of the molecule is C=CC1CCC(C2CCC(CCC3CC3C)CC2)CC1. The minimum atomic E-state index is 0.836. The summed E-state index contributed by atoms with van der Waals surface area (Å²) in [6, 6.07) is 0. The first-order chi connectivity index (χ1) is 9.76. The molecule has 0 aromatic rings. The molecule has 2 unspecified atom stereocenters. The van der Waals surface area contributed by atoms with Gasteiger partial charge in [-0.05, 0) is 86.9 Å². The van der Waals surface area contributed by atoms with Crippen LogP contribution in [0.25, 0.3) is 0 Å². The van der Waals surface area contributed by atoms with Crippen LogP contribution in [0.4, 0.5) is 0 Å². The summed E-state index contributed by atoms with van der Waals surface area (Å²) in [4.78, 5) is 0. The molecule has 0 aromatic heterocycles. The molecule has 0 heterocycles. The summed E-state index contributed by atoms with van der Waals surface area (Å²) in [6.07, 6.45) is 18.8. The molecule has 0 N–H and O–H groups in total. The minimum absolute atomic E-state index is 0.836. The molecule has 0 amide bonds. The Morgan fingerprint density at radius 2 is 1.40 bits per heavy atom. The molecule has 3 aliphatic carbocycles. The van der Waals surface area contributed by atoms with Gasteiger partial charge in [-0.25, -0.2) is 0 Å². The molecule has 3 fully saturated rings. The second-order valence-corrected chi connectivity index (χ2v) is 8.24. The smallest absolute Gasteiger partial charge is 0.0236 e. The summed E-state index contributed by atoms with van der Waals surface area (Å²) in [5.74, 6) is 6.24. The lowest BCUT2D eigenvalue weighted by molar-refractivity contribution is 0.151. The first kappa shape index (κ1) is 14.7. The van der Waals surface area contributed by atoms with E-state index in [1.807, 2.05) is 0 Å². The molecule has 0 aliphatic heterocycles. The molecule has 2 atom stereocenters. The second-order valence-electron chi connectivity index (χ2n) is 8.24. The van der Waals surface area contributed by atoms with E-state index in [9.17, 15) is 0 Å². The van der Waals surface area contributed by atoms with Crippen LogP contribution in [0.1, 0.15) is 77.6 Å². The summed E-state index contributed by atoms with van der Waals surface area (Å²) in [6.45, 7) is 6.41. The fourth-order valence-electron chi connectivity index (χ4n) is 5.05. The molecule has 0 heteroatoms. The molecule has 0 spiro atoms. The quantitative estimate of drug-likeness (QED) is 0.522. The highest BCUT2D eigenvalue weighted by atomic mass is 14.4. The van der Waals surface area contributed by atoms with E-state index in [0.29, 0.717) is 0 Å². The van der Waals surface area contributed by atoms with E-state index < -0.39 is 0 Å². The van der Waals surface area contributed by atoms with Crippen LogP contribution in [0.15, 0.2) is 12.7 Å². The summed E-state index contributed by atoms with van der Waals surface area (Å²) < 4.78 is 0. The van der Waals surface area contributed by atoms with Crippen LogP contribution < -0.4 is 0 Å². The van der Waals surface area contributed by atoms with Gasteiger partial charge in [-0.1, -0.05) is 32.3 Å². The van der Waals surface area contributed by atoms with E-state index in [4.69, 9.17) is 0 Å². The predicted molar refractivity (Wildman–Crippen MR) is 87.6 cm³/mol. The van der Waals surface area contributed by atoms with Gasteiger partial charge in [0, 0.05) is 0 Å². The molecule has 3 saturated carbocycles. The van der Waals surface area contributed by atoms with Gasteiger partial charge in [0.25, 0.3) is 0 Å². The highest BCUT2D eigenvalue weighted by molar-refractivity contribution is 4.88. The van der Waals surface area contributed by atoms with E-state index in [0.717, 1.165) is 35.5 Å². The Morgan fingerprint density at radius 3 is 1.90 bits per heavy atom. The van der Waals surface area contributed by atoms with Crippen molar-refractivity contribution in [2.45, 2.75) is 77.6 Å². The monoisotopic (exact) mass is 274 g/mol. The van der Waals surface area contributed by atoms with E-state index in [1.165, 1.54) is 32.1 Å². The zero-order valence-corrected chi connectivity index (χ0v) is 13.5. The summed E-state index contributed by atoms with van der Waals surface area (Å²) >= 11 is 0. The molecule has 0 radical (unpaired) electrons. The van der Waals surface area contributed by atoms with E-state index in [-0.39, 0.29) is 0 Å². The Morgan fingerprint density at radius 1 is 0.850 bits per heavy atom. The Hall–Kier alpha value is -0.260. The summed E-state index contributed by atoms with van der Waals surface area (Å²) in [7, 11) is 0. The predicted octanol–water partition coefficient (Wildman–Crippen LogP) is 6.22. The average molecular weight is 274 g/mol. The Bertz CT molecular complexity index is 302. The third-order valence-corrected chi connectivity index (χ3v) is 6.93. The maximum absolute atomic E-state index is 3.98. The van der Waals surface area contributed by atoms with Gasteiger partial charge in [-0.3, -0.25) is 0 Å². The third-order valence-electron chi connectivity index (χ3n) is 6.93. The Kier molecular flexibility index (Phi) is 4.89. The average Bonchev–Trinajstić information content (AvgIpc) is 3.21. The number of allylic oxidation sites excluding steroid dienone is 1. The van der Waals surface area contributed by atoms with Gasteiger partial charge >= 0.3 is 0 Å². The molecule has 0 nitrogen and oxygen atoms in total. The van der Waals surface area contributed by atoms with Crippen molar-refractivity contribution in [3.8, 4) is 0 Å². The zero-order chi connectivity index (χ0) is 13.9. The molecule has 0 saturated heterocycles. The standard InChI is InChI=1S/C20H34/c1-3-16-4-9-18(10-5-16)19-11-6-17(7-12-19)8-13-20-14-15(20)2/h3,15-20H,1,4-14H2,2H3. The van der Waals surface area contributed by atoms with Crippen LogP contribution in [-0.4, -0.2) is 0 Å². The van der Waals surface area contributed by atoms with E-state index in [1.54, 1.807) is 38.5 Å². The van der Waals surface area contributed by atoms with Crippen molar-refractivity contribution in [2.75, 3.05) is 0 Å². The van der Waals surface area contributed by atoms with Gasteiger partial charge in [-0.15, -0.1) is 6.58 Å². The summed E-state index contributed by atoms with van der Waals surface area (Å²) in [5.41, 5.74) is 0. The van der Waals surface area contributed by atoms with Gasteiger partial charge in [0.05, 0.1) is 0 Å². The lowest BCUT2D eigenvalue weighted by Crippen LogP contribution is -2.25. The Balaban J connectivity index is 1.34. The maximum atomic E-state index is 3.98.